The zero-order valence-corrected chi connectivity index (χ0v) is 20.7. The van der Waals surface area contributed by atoms with Gasteiger partial charge >= 0.3 is 0 Å². The van der Waals surface area contributed by atoms with Gasteiger partial charge in [0.25, 0.3) is 5.91 Å². The van der Waals surface area contributed by atoms with Crippen LogP contribution in [0.4, 0.5) is 13.2 Å². The first kappa shape index (κ1) is 25.2. The number of hydrogen-bond donors (Lipinski definition) is 2. The monoisotopic (exact) mass is 522 g/mol. The van der Waals surface area contributed by atoms with Gasteiger partial charge in [-0.2, -0.15) is 0 Å². The fraction of sp³-hybridized carbons (Fsp3) is 0.500. The molecule has 1 aliphatic heterocycles. The number of aliphatic hydroxyl groups is 1. The van der Waals surface area contributed by atoms with E-state index >= 15 is 4.39 Å². The predicted molar refractivity (Wildman–Crippen MR) is 128 cm³/mol. The molecule has 6 nitrogen and oxygen atoms in total. The summed E-state index contributed by atoms with van der Waals surface area (Å²) in [5.41, 5.74) is -1.47. The van der Waals surface area contributed by atoms with Crippen LogP contribution in [0.15, 0.2) is 42.5 Å². The maximum absolute atomic E-state index is 15.7. The molecule has 3 atom stereocenters. The second-order valence-corrected chi connectivity index (χ2v) is 12.3. The van der Waals surface area contributed by atoms with E-state index in [0.717, 1.165) is 0 Å². The minimum absolute atomic E-state index is 0.0529. The summed E-state index contributed by atoms with van der Waals surface area (Å²) in [5, 5.41) is 11.0. The van der Waals surface area contributed by atoms with Crippen LogP contribution in [0.1, 0.15) is 38.2 Å². The van der Waals surface area contributed by atoms with E-state index in [-0.39, 0.29) is 30.0 Å². The van der Waals surface area contributed by atoms with E-state index in [1.807, 2.05) is 0 Å². The standard InChI is InChI=1S/C26H29F3N2O4S/c1-25(33,18-8-9-18)24(32)31-14-26(10-11-26)23(30-36(34,35)15-27)21(31)13-17-5-3-7-20(22(17)29)16-4-2-6-19(28)12-16/h2-7,12,18,21,23,30,33H,8-11,13-15H2,1H3/t21-,23+,25+/m0/s1. The SMILES string of the molecule is C[C@](O)(C(=O)N1CC2(CC2)[C@H](NS(=O)(=O)CF)[C@@H]1Cc1cccc(-c2cccc(F)c2)c1F)C1CC1. The van der Waals surface area contributed by atoms with Gasteiger partial charge in [0.15, 0.2) is 0 Å². The van der Waals surface area contributed by atoms with E-state index in [1.165, 1.54) is 36.1 Å². The minimum Gasteiger partial charge on any atom is -0.380 e. The van der Waals surface area contributed by atoms with Crippen LogP contribution in [-0.2, 0) is 21.2 Å². The fourth-order valence-corrected chi connectivity index (χ4v) is 6.46. The number of alkyl halides is 1. The molecule has 5 rings (SSSR count). The molecule has 3 fully saturated rings. The molecule has 1 amide bonds. The molecule has 1 saturated heterocycles. The van der Waals surface area contributed by atoms with E-state index in [2.05, 4.69) is 4.72 Å². The molecule has 2 aromatic rings. The number of halogens is 3. The lowest BCUT2D eigenvalue weighted by molar-refractivity contribution is -0.153. The summed E-state index contributed by atoms with van der Waals surface area (Å²) >= 11 is 0. The van der Waals surface area contributed by atoms with Crippen molar-refractivity contribution < 1.29 is 31.5 Å². The molecule has 194 valence electrons. The van der Waals surface area contributed by atoms with Crippen molar-refractivity contribution in [3.63, 3.8) is 0 Å². The van der Waals surface area contributed by atoms with Crippen molar-refractivity contribution in [2.45, 2.75) is 56.7 Å². The van der Waals surface area contributed by atoms with Crippen LogP contribution >= 0.6 is 0 Å². The topological polar surface area (TPSA) is 86.7 Å². The Kier molecular flexibility index (Phi) is 6.20. The number of hydrogen-bond acceptors (Lipinski definition) is 4. The zero-order valence-electron chi connectivity index (χ0n) is 19.9. The molecule has 0 radical (unpaired) electrons. The number of carbonyl (C=O) groups is 1. The van der Waals surface area contributed by atoms with E-state index in [9.17, 15) is 27.1 Å². The van der Waals surface area contributed by atoms with Gasteiger partial charge in [-0.25, -0.2) is 26.3 Å². The number of rotatable bonds is 8. The first-order valence-corrected chi connectivity index (χ1v) is 13.8. The van der Waals surface area contributed by atoms with Gasteiger partial charge in [-0.1, -0.05) is 30.3 Å². The van der Waals surface area contributed by atoms with Gasteiger partial charge in [0.1, 0.15) is 17.2 Å². The van der Waals surface area contributed by atoms with Gasteiger partial charge in [-0.3, -0.25) is 4.79 Å². The van der Waals surface area contributed by atoms with Crippen molar-refractivity contribution in [1.82, 2.24) is 9.62 Å². The maximum Gasteiger partial charge on any atom is 0.254 e. The Morgan fingerprint density at radius 2 is 1.89 bits per heavy atom. The van der Waals surface area contributed by atoms with Gasteiger partial charge < -0.3 is 10.0 Å². The van der Waals surface area contributed by atoms with Crippen LogP contribution < -0.4 is 4.72 Å². The highest BCUT2D eigenvalue weighted by Gasteiger charge is 2.63. The van der Waals surface area contributed by atoms with E-state index < -0.39 is 56.7 Å². The van der Waals surface area contributed by atoms with Crippen molar-refractivity contribution in [2.24, 2.45) is 11.3 Å². The maximum atomic E-state index is 15.7. The minimum atomic E-state index is -4.27. The fourth-order valence-electron chi connectivity index (χ4n) is 5.60. The molecule has 0 unspecified atom stereocenters. The Morgan fingerprint density at radius 3 is 2.50 bits per heavy atom. The number of likely N-dealkylation sites (tertiary alicyclic amines) is 1. The van der Waals surface area contributed by atoms with Crippen LogP contribution in [0, 0.1) is 23.0 Å². The third kappa shape index (κ3) is 4.54. The molecule has 2 aromatic carbocycles. The van der Waals surface area contributed by atoms with Gasteiger partial charge in [0.2, 0.25) is 16.0 Å². The van der Waals surface area contributed by atoms with Crippen LogP contribution in [0.5, 0.6) is 0 Å². The van der Waals surface area contributed by atoms with Gasteiger partial charge in [0.05, 0.1) is 6.04 Å². The van der Waals surface area contributed by atoms with Crippen LogP contribution in [-0.4, -0.2) is 54.6 Å². The summed E-state index contributed by atoms with van der Waals surface area (Å²) in [4.78, 5) is 15.0. The largest absolute Gasteiger partial charge is 0.380 e. The summed E-state index contributed by atoms with van der Waals surface area (Å²) in [6, 6.07) is 6.96. The van der Waals surface area contributed by atoms with Gasteiger partial charge in [-0.05, 0) is 68.2 Å². The molecule has 0 aromatic heterocycles. The summed E-state index contributed by atoms with van der Waals surface area (Å²) in [6.07, 6.45) is 2.63. The molecule has 2 saturated carbocycles. The van der Waals surface area contributed by atoms with Gasteiger partial charge in [-0.15, -0.1) is 0 Å². The average molecular weight is 523 g/mol. The smallest absolute Gasteiger partial charge is 0.254 e. The zero-order chi connectivity index (χ0) is 25.9. The van der Waals surface area contributed by atoms with Crippen LogP contribution in [0.25, 0.3) is 11.1 Å². The predicted octanol–water partition coefficient (Wildman–Crippen LogP) is 3.54. The Hall–Kier alpha value is -2.43. The van der Waals surface area contributed by atoms with E-state index in [1.54, 1.807) is 18.2 Å². The summed E-state index contributed by atoms with van der Waals surface area (Å²) < 4.78 is 69.7. The van der Waals surface area contributed by atoms with Crippen molar-refractivity contribution in [3.8, 4) is 11.1 Å². The Balaban J connectivity index is 1.53. The van der Waals surface area contributed by atoms with Crippen molar-refractivity contribution in [1.29, 1.82) is 0 Å². The highest BCUT2D eigenvalue weighted by Crippen LogP contribution is 2.56. The molecular formula is C26H29F3N2O4S. The summed E-state index contributed by atoms with van der Waals surface area (Å²) in [7, 11) is -4.27. The number of benzene rings is 2. The third-order valence-electron chi connectivity index (χ3n) is 7.98. The van der Waals surface area contributed by atoms with Crippen LogP contribution in [0.2, 0.25) is 0 Å². The quantitative estimate of drug-likeness (QED) is 0.555. The number of carbonyl (C=O) groups excluding carboxylic acids is 1. The molecule has 3 aliphatic rings. The summed E-state index contributed by atoms with van der Waals surface area (Å²) in [5.74, 6) is -1.82. The van der Waals surface area contributed by atoms with Crippen molar-refractivity contribution in [3.05, 3.63) is 59.7 Å². The van der Waals surface area contributed by atoms with Crippen molar-refractivity contribution in [2.75, 3.05) is 12.6 Å². The third-order valence-corrected chi connectivity index (χ3v) is 8.88. The molecule has 1 spiro atoms. The second-order valence-electron chi connectivity index (χ2n) is 10.6. The first-order chi connectivity index (χ1) is 17.0. The van der Waals surface area contributed by atoms with Crippen molar-refractivity contribution >= 4 is 15.9 Å². The number of amides is 1. The molecule has 10 heteroatoms. The highest BCUT2D eigenvalue weighted by molar-refractivity contribution is 7.89. The van der Waals surface area contributed by atoms with Gasteiger partial charge in [0, 0.05) is 23.6 Å². The number of nitrogens with one attached hydrogen (secondary N) is 1. The lowest BCUT2D eigenvalue weighted by Crippen LogP contribution is -2.54. The lowest BCUT2D eigenvalue weighted by Gasteiger charge is -2.34. The van der Waals surface area contributed by atoms with Crippen LogP contribution in [0.3, 0.4) is 0 Å². The van der Waals surface area contributed by atoms with E-state index in [4.69, 9.17) is 0 Å². The molecule has 0 bridgehead atoms. The highest BCUT2D eigenvalue weighted by atomic mass is 32.2. The first-order valence-electron chi connectivity index (χ1n) is 12.1. The van der Waals surface area contributed by atoms with E-state index in [0.29, 0.717) is 31.2 Å². The molecule has 2 aliphatic carbocycles. The number of nitrogens with zero attached hydrogens (tertiary/aromatic N) is 1. The molecule has 2 N–H and O–H groups in total. The normalized spacial score (nSPS) is 24.6. The second kappa shape index (κ2) is 8.85. The average Bonchev–Trinajstić information content (AvgIpc) is 3.75. The Labute approximate surface area is 208 Å². The Morgan fingerprint density at radius 1 is 1.19 bits per heavy atom. The number of sulfonamides is 1. The molecule has 36 heavy (non-hydrogen) atoms. The Bertz CT molecular complexity index is 1290. The summed E-state index contributed by atoms with van der Waals surface area (Å²) in [6.45, 7) is 1.66. The molecular weight excluding hydrogens is 493 g/mol. The molecule has 1 heterocycles. The lowest BCUT2D eigenvalue weighted by atomic mass is 9.91.